The van der Waals surface area contributed by atoms with Gasteiger partial charge in [-0.3, -0.25) is 4.79 Å². The van der Waals surface area contributed by atoms with Gasteiger partial charge < -0.3 is 25.2 Å². The molecule has 0 saturated carbocycles. The number of amides is 2. The zero-order valence-corrected chi connectivity index (χ0v) is 19.2. The fraction of sp³-hybridized carbons (Fsp3) is 0.423. The first-order chi connectivity index (χ1) is 16.4. The fourth-order valence-electron chi connectivity index (χ4n) is 4.69. The van der Waals surface area contributed by atoms with Crippen LogP contribution < -0.4 is 10.6 Å². The standard InChI is InChI=1S/C26H30N2O6/c1-2-3-12-22(23(29)30)27-24(31)26(13-14-33-16-26)28-25(32)34-15-21-19-10-6-4-8-17(19)18-9-5-7-11-20(18)21/h4-11,21-22H,2-3,12-16H2,1H3,(H,27,31)(H,28,32)(H,29,30). The molecule has 0 spiro atoms. The molecule has 1 fully saturated rings. The summed E-state index contributed by atoms with van der Waals surface area (Å²) in [7, 11) is 0. The molecule has 2 amide bonds. The van der Waals surface area contributed by atoms with Crippen LogP contribution in [0, 0.1) is 0 Å². The summed E-state index contributed by atoms with van der Waals surface area (Å²) in [4.78, 5) is 37.4. The predicted octanol–water partition coefficient (Wildman–Crippen LogP) is 3.44. The molecule has 0 bridgehead atoms. The lowest BCUT2D eigenvalue weighted by Gasteiger charge is -2.29. The van der Waals surface area contributed by atoms with Crippen molar-refractivity contribution in [3.05, 3.63) is 59.7 Å². The number of nitrogens with one attached hydrogen (secondary N) is 2. The Hall–Kier alpha value is -3.39. The van der Waals surface area contributed by atoms with Crippen molar-refractivity contribution in [3.63, 3.8) is 0 Å². The SMILES string of the molecule is CCCCC(NC(=O)C1(NC(=O)OCC2c3ccccc3-c3ccccc32)CCOC1)C(=O)O. The van der Waals surface area contributed by atoms with Crippen LogP contribution in [0.15, 0.2) is 48.5 Å². The van der Waals surface area contributed by atoms with E-state index in [1.807, 2.05) is 43.3 Å². The summed E-state index contributed by atoms with van der Waals surface area (Å²) < 4.78 is 11.0. The van der Waals surface area contributed by atoms with Gasteiger partial charge in [-0.25, -0.2) is 9.59 Å². The number of ether oxygens (including phenoxy) is 2. The molecule has 3 N–H and O–H groups in total. The highest BCUT2D eigenvalue weighted by atomic mass is 16.6. The molecule has 2 atom stereocenters. The third-order valence-corrected chi connectivity index (χ3v) is 6.59. The molecule has 8 nitrogen and oxygen atoms in total. The smallest absolute Gasteiger partial charge is 0.408 e. The second kappa shape index (κ2) is 10.3. The summed E-state index contributed by atoms with van der Waals surface area (Å²) in [6.45, 7) is 2.31. The normalized spacial score (nSPS) is 19.7. The second-order valence-electron chi connectivity index (χ2n) is 8.84. The number of carbonyl (C=O) groups is 3. The van der Waals surface area contributed by atoms with Crippen LogP contribution >= 0.6 is 0 Å². The minimum absolute atomic E-state index is 0.0385. The van der Waals surface area contributed by atoms with E-state index in [1.54, 1.807) is 0 Å². The van der Waals surface area contributed by atoms with Crippen molar-refractivity contribution < 1.29 is 29.0 Å². The molecule has 180 valence electrons. The summed E-state index contributed by atoms with van der Waals surface area (Å²) in [5.41, 5.74) is 3.07. The number of benzene rings is 2. The van der Waals surface area contributed by atoms with Gasteiger partial charge in [0.05, 0.1) is 6.61 Å². The number of aliphatic carboxylic acids is 1. The third-order valence-electron chi connectivity index (χ3n) is 6.59. The molecule has 2 unspecified atom stereocenters. The van der Waals surface area contributed by atoms with Crippen LogP contribution in [0.5, 0.6) is 0 Å². The molecule has 4 rings (SSSR count). The quantitative estimate of drug-likeness (QED) is 0.522. The van der Waals surface area contributed by atoms with E-state index in [0.29, 0.717) is 12.8 Å². The van der Waals surface area contributed by atoms with Gasteiger partial charge in [-0.15, -0.1) is 0 Å². The molecule has 1 aliphatic heterocycles. The minimum Gasteiger partial charge on any atom is -0.480 e. The van der Waals surface area contributed by atoms with Crippen LogP contribution in [0.4, 0.5) is 4.79 Å². The van der Waals surface area contributed by atoms with Crippen LogP contribution in [-0.4, -0.2) is 54.5 Å². The maximum atomic E-state index is 13.0. The Labute approximate surface area is 198 Å². The number of alkyl carbamates (subject to hydrolysis) is 1. The van der Waals surface area contributed by atoms with Crippen LogP contribution in [0.25, 0.3) is 11.1 Å². The number of rotatable bonds is 9. The molecule has 0 aromatic heterocycles. The van der Waals surface area contributed by atoms with Crippen LogP contribution in [0.1, 0.15) is 49.7 Å². The molecule has 1 saturated heterocycles. The van der Waals surface area contributed by atoms with E-state index in [-0.39, 0.29) is 32.2 Å². The van der Waals surface area contributed by atoms with Gasteiger partial charge in [0.25, 0.3) is 0 Å². The fourth-order valence-corrected chi connectivity index (χ4v) is 4.69. The number of carboxylic acids is 1. The van der Waals surface area contributed by atoms with Gasteiger partial charge in [0, 0.05) is 18.9 Å². The summed E-state index contributed by atoms with van der Waals surface area (Å²) in [5, 5.41) is 14.7. The Morgan fingerprint density at radius 3 is 2.32 bits per heavy atom. The van der Waals surface area contributed by atoms with E-state index < -0.39 is 29.6 Å². The van der Waals surface area contributed by atoms with Crippen LogP contribution in [-0.2, 0) is 19.1 Å². The van der Waals surface area contributed by atoms with E-state index in [9.17, 15) is 19.5 Å². The highest BCUT2D eigenvalue weighted by Gasteiger charge is 2.45. The van der Waals surface area contributed by atoms with Crippen molar-refractivity contribution >= 4 is 18.0 Å². The van der Waals surface area contributed by atoms with Crippen molar-refractivity contribution in [2.45, 2.75) is 50.1 Å². The first-order valence-corrected chi connectivity index (χ1v) is 11.7. The molecule has 2 aromatic rings. The molecular formula is C26H30N2O6. The summed E-state index contributed by atoms with van der Waals surface area (Å²) >= 11 is 0. The van der Waals surface area contributed by atoms with Crippen molar-refractivity contribution in [1.82, 2.24) is 10.6 Å². The Balaban J connectivity index is 1.43. The van der Waals surface area contributed by atoms with Gasteiger partial charge in [-0.05, 0) is 28.7 Å². The highest BCUT2D eigenvalue weighted by molar-refractivity contribution is 5.93. The van der Waals surface area contributed by atoms with E-state index in [4.69, 9.17) is 9.47 Å². The zero-order valence-electron chi connectivity index (χ0n) is 19.2. The van der Waals surface area contributed by atoms with Crippen LogP contribution in [0.3, 0.4) is 0 Å². The third kappa shape index (κ3) is 4.77. The lowest BCUT2D eigenvalue weighted by atomic mass is 9.96. The number of hydrogen-bond acceptors (Lipinski definition) is 5. The van der Waals surface area contributed by atoms with Gasteiger partial charge in [0.2, 0.25) is 5.91 Å². The first-order valence-electron chi connectivity index (χ1n) is 11.7. The van der Waals surface area contributed by atoms with Crippen molar-refractivity contribution in [2.24, 2.45) is 0 Å². The number of carboxylic acid groups (broad SMARTS) is 1. The molecule has 0 radical (unpaired) electrons. The summed E-state index contributed by atoms with van der Waals surface area (Å²) in [6, 6.07) is 15.1. The van der Waals surface area contributed by atoms with Crippen molar-refractivity contribution in [3.8, 4) is 11.1 Å². The zero-order chi connectivity index (χ0) is 24.1. The van der Waals surface area contributed by atoms with E-state index in [2.05, 4.69) is 22.8 Å². The topological polar surface area (TPSA) is 114 Å². The Morgan fingerprint density at radius 1 is 1.12 bits per heavy atom. The largest absolute Gasteiger partial charge is 0.480 e. The van der Waals surface area contributed by atoms with Gasteiger partial charge in [-0.2, -0.15) is 0 Å². The first kappa shape index (κ1) is 23.8. The van der Waals surface area contributed by atoms with E-state index in [1.165, 1.54) is 0 Å². The predicted molar refractivity (Wildman–Crippen MR) is 125 cm³/mol. The number of carbonyl (C=O) groups excluding carboxylic acids is 2. The number of hydrogen-bond donors (Lipinski definition) is 3. The van der Waals surface area contributed by atoms with E-state index in [0.717, 1.165) is 28.7 Å². The van der Waals surface area contributed by atoms with Gasteiger partial charge in [-0.1, -0.05) is 68.3 Å². The molecule has 34 heavy (non-hydrogen) atoms. The second-order valence-corrected chi connectivity index (χ2v) is 8.84. The highest BCUT2D eigenvalue weighted by Crippen LogP contribution is 2.44. The Kier molecular flexibility index (Phi) is 7.17. The molecule has 1 aliphatic carbocycles. The number of fused-ring (bicyclic) bond motifs is 3. The average Bonchev–Trinajstić information content (AvgIpc) is 3.43. The van der Waals surface area contributed by atoms with E-state index >= 15 is 0 Å². The maximum Gasteiger partial charge on any atom is 0.408 e. The Bertz CT molecular complexity index is 1020. The van der Waals surface area contributed by atoms with Gasteiger partial charge in [0.1, 0.15) is 18.2 Å². The number of unbranched alkanes of at least 4 members (excludes halogenated alkanes) is 1. The van der Waals surface area contributed by atoms with Crippen LogP contribution in [0.2, 0.25) is 0 Å². The molecule has 2 aromatic carbocycles. The van der Waals surface area contributed by atoms with Crippen molar-refractivity contribution in [2.75, 3.05) is 19.8 Å². The van der Waals surface area contributed by atoms with Gasteiger partial charge in [0.15, 0.2) is 0 Å². The molecule has 8 heteroatoms. The minimum atomic E-state index is -1.36. The average molecular weight is 467 g/mol. The Morgan fingerprint density at radius 2 is 1.76 bits per heavy atom. The monoisotopic (exact) mass is 466 g/mol. The van der Waals surface area contributed by atoms with Gasteiger partial charge >= 0.3 is 12.1 Å². The lowest BCUT2D eigenvalue weighted by Crippen LogP contribution is -2.61. The summed E-state index contributed by atoms with van der Waals surface area (Å²) in [6.07, 6.45) is 1.30. The van der Waals surface area contributed by atoms with Crippen molar-refractivity contribution in [1.29, 1.82) is 0 Å². The lowest BCUT2D eigenvalue weighted by molar-refractivity contribution is -0.143. The summed E-state index contributed by atoms with van der Waals surface area (Å²) in [5.74, 6) is -1.77. The maximum absolute atomic E-state index is 13.0. The molecule has 1 heterocycles. The molecular weight excluding hydrogens is 436 g/mol. The molecule has 2 aliphatic rings.